The molecule has 3 aliphatic carbocycles. The maximum absolute atomic E-state index is 13.4. The number of phenols is 1. The maximum Gasteiger partial charge on any atom is 0.165 e. The van der Waals surface area contributed by atoms with E-state index in [1.165, 1.54) is 11.1 Å². The Balaban J connectivity index is 1.49. The molecule has 0 aliphatic heterocycles. The number of aromatic hydroxyl groups is 1. The number of aryl methyl sites for hydroxylation is 2. The fraction of sp³-hybridized carbons (Fsp3) is 0.500. The average molecular weight is 377 g/mol. The zero-order valence-electron chi connectivity index (χ0n) is 16.7. The molecule has 0 saturated heterocycles. The minimum Gasteiger partial charge on any atom is -0.508 e. The first-order valence-electron chi connectivity index (χ1n) is 10.6. The lowest BCUT2D eigenvalue weighted by molar-refractivity contribution is -0.127. The summed E-state index contributed by atoms with van der Waals surface area (Å²) in [4.78, 5) is 13.4. The number of aromatic nitrogens is 2. The normalized spacial score (nSPS) is 32.9. The van der Waals surface area contributed by atoms with Gasteiger partial charge in [-0.3, -0.25) is 9.48 Å². The number of Topliss-reactive ketones (excluding diaryl/α,β-unsaturated/α-hetero) is 1. The van der Waals surface area contributed by atoms with Crippen molar-refractivity contribution in [3.05, 3.63) is 52.9 Å². The number of carbonyl (C=O) groups is 1. The van der Waals surface area contributed by atoms with Gasteiger partial charge in [0.1, 0.15) is 5.75 Å². The van der Waals surface area contributed by atoms with Crippen LogP contribution in [0.5, 0.6) is 5.75 Å². The van der Waals surface area contributed by atoms with Gasteiger partial charge < -0.3 is 5.11 Å². The molecule has 0 unspecified atom stereocenters. The number of ketones is 1. The van der Waals surface area contributed by atoms with Gasteiger partial charge in [-0.25, -0.2) is 0 Å². The first-order valence-corrected chi connectivity index (χ1v) is 10.6. The van der Waals surface area contributed by atoms with Crippen molar-refractivity contribution in [2.45, 2.75) is 58.4 Å². The number of nitrogens with zero attached hydrogens (tertiary/aromatic N) is 2. The zero-order valence-corrected chi connectivity index (χ0v) is 16.7. The van der Waals surface area contributed by atoms with E-state index in [1.807, 2.05) is 29.1 Å². The molecule has 4 atom stereocenters. The number of carbonyl (C=O) groups excluding carboxylic acids is 1. The molecule has 0 amide bonds. The Hall–Kier alpha value is -2.36. The molecular formula is C24H28N2O2. The summed E-state index contributed by atoms with van der Waals surface area (Å²) in [7, 11) is 0. The lowest BCUT2D eigenvalue weighted by atomic mass is 9.55. The summed E-state index contributed by atoms with van der Waals surface area (Å²) in [6.45, 7) is 5.10. The summed E-state index contributed by atoms with van der Waals surface area (Å²) < 4.78 is 1.96. The first kappa shape index (κ1) is 17.7. The maximum atomic E-state index is 13.4. The van der Waals surface area contributed by atoms with Gasteiger partial charge in [-0.05, 0) is 97.8 Å². The van der Waals surface area contributed by atoms with Crippen LogP contribution in [0.3, 0.4) is 0 Å². The molecule has 2 aromatic rings. The van der Waals surface area contributed by atoms with Crippen LogP contribution in [-0.2, 0) is 17.8 Å². The standard InChI is InChI=1S/C24H28N2O2/c1-3-26-17(9-11-25-26)12-16-14-22-21-6-4-15-13-18(27)5-7-19(15)20(21)8-10-24(22,2)23(16)28/h5,7,9,11-13,20-22,27H,3-4,6,8,10,14H2,1-2H3/b16-12+/t20-,21-,22-,24-/m0/s1. The monoisotopic (exact) mass is 376 g/mol. The number of allylic oxidation sites excluding steroid dienone is 1. The molecule has 3 aliphatic rings. The van der Waals surface area contributed by atoms with Crippen molar-refractivity contribution >= 4 is 11.9 Å². The number of hydrogen-bond acceptors (Lipinski definition) is 3. The van der Waals surface area contributed by atoms with Crippen molar-refractivity contribution in [3.63, 3.8) is 0 Å². The minimum atomic E-state index is -0.224. The van der Waals surface area contributed by atoms with Gasteiger partial charge in [0, 0.05) is 18.2 Å². The van der Waals surface area contributed by atoms with Crippen molar-refractivity contribution in [2.24, 2.45) is 17.3 Å². The lowest BCUT2D eigenvalue weighted by Gasteiger charge is -2.48. The highest BCUT2D eigenvalue weighted by Gasteiger charge is 2.56. The Morgan fingerprint density at radius 1 is 1.32 bits per heavy atom. The summed E-state index contributed by atoms with van der Waals surface area (Å²) in [6.07, 6.45) is 8.95. The van der Waals surface area contributed by atoms with Crippen molar-refractivity contribution in [2.75, 3.05) is 0 Å². The second-order valence-electron chi connectivity index (χ2n) is 9.03. The van der Waals surface area contributed by atoms with Crippen LogP contribution < -0.4 is 0 Å². The van der Waals surface area contributed by atoms with Crippen molar-refractivity contribution < 1.29 is 9.90 Å². The molecule has 0 radical (unpaired) electrons. The zero-order chi connectivity index (χ0) is 19.5. The Morgan fingerprint density at radius 3 is 3.00 bits per heavy atom. The minimum absolute atomic E-state index is 0.224. The van der Waals surface area contributed by atoms with Gasteiger partial charge >= 0.3 is 0 Å². The van der Waals surface area contributed by atoms with Crippen molar-refractivity contribution in [3.8, 4) is 5.75 Å². The second kappa shape index (κ2) is 6.33. The van der Waals surface area contributed by atoms with Gasteiger partial charge in [0.25, 0.3) is 0 Å². The molecule has 1 N–H and O–H groups in total. The summed E-state index contributed by atoms with van der Waals surface area (Å²) in [5.41, 5.74) is 4.51. The molecular weight excluding hydrogens is 348 g/mol. The van der Waals surface area contributed by atoms with E-state index in [9.17, 15) is 9.90 Å². The van der Waals surface area contributed by atoms with Crippen LogP contribution in [0.2, 0.25) is 0 Å². The third-order valence-electron chi connectivity index (χ3n) is 7.72. The van der Waals surface area contributed by atoms with Gasteiger partial charge in [0.15, 0.2) is 5.78 Å². The SMILES string of the molecule is CCn1nccc1/C=C1\C[C@H]2[C@H]3CCc4cc(O)ccc4[C@@H]3CC[C@]2(C)C1=O. The summed E-state index contributed by atoms with van der Waals surface area (Å²) in [5.74, 6) is 2.23. The van der Waals surface area contributed by atoms with E-state index in [1.54, 1.807) is 0 Å². The number of benzene rings is 1. The van der Waals surface area contributed by atoms with Crippen LogP contribution in [0.1, 0.15) is 62.3 Å². The molecule has 5 rings (SSSR count). The van der Waals surface area contributed by atoms with Crippen LogP contribution >= 0.6 is 0 Å². The Kier molecular flexibility index (Phi) is 4.01. The van der Waals surface area contributed by atoms with E-state index < -0.39 is 0 Å². The van der Waals surface area contributed by atoms with Gasteiger partial charge in [-0.15, -0.1) is 0 Å². The molecule has 4 heteroatoms. The highest BCUT2D eigenvalue weighted by Crippen LogP contribution is 2.60. The van der Waals surface area contributed by atoms with Gasteiger partial charge in [0.2, 0.25) is 0 Å². The van der Waals surface area contributed by atoms with E-state index in [4.69, 9.17) is 0 Å². The predicted molar refractivity (Wildman–Crippen MR) is 109 cm³/mol. The molecule has 1 heterocycles. The molecule has 0 bridgehead atoms. The molecule has 1 aromatic carbocycles. The van der Waals surface area contributed by atoms with Crippen LogP contribution in [0.4, 0.5) is 0 Å². The van der Waals surface area contributed by atoms with E-state index in [0.717, 1.165) is 49.9 Å². The first-order chi connectivity index (χ1) is 13.5. The average Bonchev–Trinajstić information content (AvgIpc) is 3.24. The second-order valence-corrected chi connectivity index (χ2v) is 9.03. The third-order valence-corrected chi connectivity index (χ3v) is 7.72. The lowest BCUT2D eigenvalue weighted by Crippen LogP contribution is -2.42. The number of phenolic OH excluding ortho intramolecular Hbond substituents is 1. The van der Waals surface area contributed by atoms with Crippen molar-refractivity contribution in [1.82, 2.24) is 9.78 Å². The van der Waals surface area contributed by atoms with Crippen LogP contribution in [0.25, 0.3) is 6.08 Å². The molecule has 4 nitrogen and oxygen atoms in total. The molecule has 2 saturated carbocycles. The fourth-order valence-electron chi connectivity index (χ4n) is 6.28. The molecule has 146 valence electrons. The Bertz CT molecular complexity index is 973. The van der Waals surface area contributed by atoms with Crippen molar-refractivity contribution in [1.29, 1.82) is 0 Å². The smallest absolute Gasteiger partial charge is 0.165 e. The number of fused-ring (bicyclic) bond motifs is 5. The van der Waals surface area contributed by atoms with Gasteiger partial charge in [0.05, 0.1) is 5.69 Å². The van der Waals surface area contributed by atoms with Crippen LogP contribution in [0, 0.1) is 17.3 Å². The Morgan fingerprint density at radius 2 is 2.18 bits per heavy atom. The summed E-state index contributed by atoms with van der Waals surface area (Å²) in [6, 6.07) is 7.89. The summed E-state index contributed by atoms with van der Waals surface area (Å²) in [5, 5.41) is 14.2. The fourth-order valence-corrected chi connectivity index (χ4v) is 6.28. The number of rotatable bonds is 2. The largest absolute Gasteiger partial charge is 0.508 e. The third kappa shape index (κ3) is 2.50. The highest BCUT2D eigenvalue weighted by atomic mass is 16.3. The van der Waals surface area contributed by atoms with E-state index in [0.29, 0.717) is 29.3 Å². The van der Waals surface area contributed by atoms with E-state index in [-0.39, 0.29) is 5.41 Å². The quantitative estimate of drug-likeness (QED) is 0.771. The van der Waals surface area contributed by atoms with E-state index in [2.05, 4.69) is 31.1 Å². The summed E-state index contributed by atoms with van der Waals surface area (Å²) >= 11 is 0. The van der Waals surface area contributed by atoms with Crippen LogP contribution in [-0.4, -0.2) is 20.7 Å². The van der Waals surface area contributed by atoms with Crippen LogP contribution in [0.15, 0.2) is 36.0 Å². The molecule has 1 aromatic heterocycles. The van der Waals surface area contributed by atoms with E-state index >= 15 is 0 Å². The number of hydrogen-bond donors (Lipinski definition) is 1. The van der Waals surface area contributed by atoms with Gasteiger partial charge in [-0.2, -0.15) is 5.10 Å². The highest BCUT2D eigenvalue weighted by molar-refractivity contribution is 6.05. The van der Waals surface area contributed by atoms with Gasteiger partial charge in [-0.1, -0.05) is 13.0 Å². The predicted octanol–water partition coefficient (Wildman–Crippen LogP) is 4.73. The molecule has 2 fully saturated rings. The molecule has 0 spiro atoms. The topological polar surface area (TPSA) is 55.1 Å². The Labute approximate surface area is 166 Å². The molecule has 28 heavy (non-hydrogen) atoms.